The molecule has 5 heteroatoms. The van der Waals surface area contributed by atoms with Crippen LogP contribution in [0.1, 0.15) is 26.3 Å². The van der Waals surface area contributed by atoms with Crippen molar-refractivity contribution in [3.8, 4) is 0 Å². The van der Waals surface area contributed by atoms with Gasteiger partial charge in [-0.2, -0.15) is 0 Å². The molecule has 0 aliphatic rings. The van der Waals surface area contributed by atoms with E-state index in [0.29, 0.717) is 19.6 Å². The number of nitrogens with zero attached hydrogens (tertiary/aromatic N) is 2. The molecular weight excluding hydrogens is 268 g/mol. The number of hydrogen-bond donors (Lipinski definition) is 1. The van der Waals surface area contributed by atoms with Crippen molar-refractivity contribution >= 4 is 12.0 Å². The molecule has 1 rings (SSSR count). The summed E-state index contributed by atoms with van der Waals surface area (Å²) in [4.78, 5) is 26.8. The van der Waals surface area contributed by atoms with Crippen molar-refractivity contribution in [1.82, 2.24) is 9.80 Å². The first kappa shape index (κ1) is 17.0. The molecular formula is C16H24N2O3. The Labute approximate surface area is 126 Å². The number of carbonyl (C=O) groups is 2. The maximum absolute atomic E-state index is 12.5. The molecule has 1 aromatic rings. The molecule has 2 amide bonds. The predicted octanol–water partition coefficient (Wildman–Crippen LogP) is 2.67. The summed E-state index contributed by atoms with van der Waals surface area (Å²) in [7, 11) is 0. The maximum Gasteiger partial charge on any atom is 0.320 e. The summed E-state index contributed by atoms with van der Waals surface area (Å²) >= 11 is 0. The first-order chi connectivity index (χ1) is 9.99. The lowest BCUT2D eigenvalue weighted by Crippen LogP contribution is -2.45. The molecule has 0 aliphatic heterocycles. The van der Waals surface area contributed by atoms with Crippen molar-refractivity contribution in [2.45, 2.75) is 27.3 Å². The first-order valence-corrected chi connectivity index (χ1v) is 7.30. The van der Waals surface area contributed by atoms with Crippen LogP contribution in [0.5, 0.6) is 0 Å². The van der Waals surface area contributed by atoms with Gasteiger partial charge in [-0.05, 0) is 19.4 Å². The fourth-order valence-electron chi connectivity index (χ4n) is 2.07. The van der Waals surface area contributed by atoms with E-state index < -0.39 is 11.9 Å². The Balaban J connectivity index is 2.73. The smallest absolute Gasteiger partial charge is 0.320 e. The summed E-state index contributed by atoms with van der Waals surface area (Å²) in [6, 6.07) is 9.67. The molecule has 0 spiro atoms. The molecule has 0 fully saturated rings. The van der Waals surface area contributed by atoms with Crippen molar-refractivity contribution in [3.63, 3.8) is 0 Å². The van der Waals surface area contributed by atoms with Crippen molar-refractivity contribution in [2.75, 3.05) is 19.6 Å². The van der Waals surface area contributed by atoms with E-state index >= 15 is 0 Å². The molecule has 1 unspecified atom stereocenters. The number of amides is 2. The Morgan fingerprint density at radius 2 is 1.67 bits per heavy atom. The van der Waals surface area contributed by atoms with Crippen LogP contribution < -0.4 is 0 Å². The minimum absolute atomic E-state index is 0.114. The van der Waals surface area contributed by atoms with Gasteiger partial charge >= 0.3 is 12.0 Å². The second kappa shape index (κ2) is 8.29. The molecule has 1 atom stereocenters. The third-order valence-corrected chi connectivity index (χ3v) is 3.44. The summed E-state index contributed by atoms with van der Waals surface area (Å²) in [5, 5.41) is 8.99. The van der Waals surface area contributed by atoms with E-state index in [4.69, 9.17) is 5.11 Å². The van der Waals surface area contributed by atoms with Crippen molar-refractivity contribution < 1.29 is 14.7 Å². The normalized spacial score (nSPS) is 11.8. The van der Waals surface area contributed by atoms with E-state index in [9.17, 15) is 9.59 Å². The fourth-order valence-corrected chi connectivity index (χ4v) is 2.07. The van der Waals surface area contributed by atoms with Crippen LogP contribution in [-0.4, -0.2) is 46.5 Å². The van der Waals surface area contributed by atoms with Gasteiger partial charge in [0.2, 0.25) is 0 Å². The highest BCUT2D eigenvalue weighted by atomic mass is 16.4. The lowest BCUT2D eigenvalue weighted by molar-refractivity contribution is -0.141. The van der Waals surface area contributed by atoms with Crippen molar-refractivity contribution in [1.29, 1.82) is 0 Å². The van der Waals surface area contributed by atoms with Crippen LogP contribution in [0.4, 0.5) is 4.79 Å². The van der Waals surface area contributed by atoms with Gasteiger partial charge in [-0.3, -0.25) is 4.79 Å². The molecule has 1 aromatic carbocycles. The minimum atomic E-state index is -0.882. The van der Waals surface area contributed by atoms with Crippen LogP contribution in [0, 0.1) is 5.92 Å². The molecule has 0 heterocycles. The van der Waals surface area contributed by atoms with E-state index in [0.717, 1.165) is 5.56 Å². The summed E-state index contributed by atoms with van der Waals surface area (Å²) in [5.41, 5.74) is 1.06. The molecule has 0 bridgehead atoms. The zero-order valence-electron chi connectivity index (χ0n) is 13.0. The minimum Gasteiger partial charge on any atom is -0.481 e. The molecule has 0 aromatic heterocycles. The van der Waals surface area contributed by atoms with Gasteiger partial charge in [0.1, 0.15) is 0 Å². The second-order valence-electron chi connectivity index (χ2n) is 5.06. The SMILES string of the molecule is CCN(Cc1ccccc1)C(=O)N(CC)CC(C)C(=O)O. The third kappa shape index (κ3) is 5.10. The predicted molar refractivity (Wildman–Crippen MR) is 82.0 cm³/mol. The zero-order valence-corrected chi connectivity index (χ0v) is 13.0. The summed E-state index contributed by atoms with van der Waals surface area (Å²) in [5.74, 6) is -1.45. The van der Waals surface area contributed by atoms with Gasteiger partial charge in [0.05, 0.1) is 5.92 Å². The number of hydrogen-bond acceptors (Lipinski definition) is 2. The maximum atomic E-state index is 12.5. The van der Waals surface area contributed by atoms with Gasteiger partial charge in [-0.25, -0.2) is 4.79 Å². The fraction of sp³-hybridized carbons (Fsp3) is 0.500. The lowest BCUT2D eigenvalue weighted by atomic mass is 10.1. The molecule has 116 valence electrons. The van der Waals surface area contributed by atoms with Crippen LogP contribution in [-0.2, 0) is 11.3 Å². The first-order valence-electron chi connectivity index (χ1n) is 7.30. The number of carbonyl (C=O) groups excluding carboxylic acids is 1. The number of aliphatic carboxylic acids is 1. The summed E-state index contributed by atoms with van der Waals surface area (Å²) in [6.45, 7) is 7.27. The van der Waals surface area contributed by atoms with E-state index in [1.165, 1.54) is 0 Å². The second-order valence-corrected chi connectivity index (χ2v) is 5.06. The molecule has 0 saturated carbocycles. The molecule has 1 N–H and O–H groups in total. The highest BCUT2D eigenvalue weighted by Crippen LogP contribution is 2.09. The largest absolute Gasteiger partial charge is 0.481 e. The molecule has 5 nitrogen and oxygen atoms in total. The van der Waals surface area contributed by atoms with E-state index in [1.807, 2.05) is 44.2 Å². The number of carboxylic acids is 1. The van der Waals surface area contributed by atoms with Gasteiger partial charge in [-0.15, -0.1) is 0 Å². The van der Waals surface area contributed by atoms with Crippen LogP contribution in [0.25, 0.3) is 0 Å². The van der Waals surface area contributed by atoms with Crippen LogP contribution in [0.3, 0.4) is 0 Å². The summed E-state index contributed by atoms with van der Waals surface area (Å²) in [6.07, 6.45) is 0. The molecule has 21 heavy (non-hydrogen) atoms. The van der Waals surface area contributed by atoms with Gasteiger partial charge in [-0.1, -0.05) is 37.3 Å². The van der Waals surface area contributed by atoms with E-state index in [-0.39, 0.29) is 12.6 Å². The van der Waals surface area contributed by atoms with E-state index in [2.05, 4.69) is 0 Å². The number of carboxylic acid groups (broad SMARTS) is 1. The van der Waals surface area contributed by atoms with Crippen LogP contribution >= 0.6 is 0 Å². The van der Waals surface area contributed by atoms with Crippen LogP contribution in [0.15, 0.2) is 30.3 Å². The van der Waals surface area contributed by atoms with Crippen molar-refractivity contribution in [2.24, 2.45) is 5.92 Å². The highest BCUT2D eigenvalue weighted by molar-refractivity contribution is 5.76. The summed E-state index contributed by atoms with van der Waals surface area (Å²) < 4.78 is 0. The van der Waals surface area contributed by atoms with Gasteiger partial charge in [0, 0.05) is 26.2 Å². The Kier molecular flexibility index (Phi) is 6.72. The Bertz CT molecular complexity index is 462. The monoisotopic (exact) mass is 292 g/mol. The quantitative estimate of drug-likeness (QED) is 0.840. The zero-order chi connectivity index (χ0) is 15.8. The number of benzene rings is 1. The standard InChI is InChI=1S/C16H24N2O3/c1-4-17(11-13(3)15(19)20)16(21)18(5-2)12-14-9-7-6-8-10-14/h6-10,13H,4-5,11-12H2,1-3H3,(H,19,20). The van der Waals surface area contributed by atoms with Gasteiger partial charge < -0.3 is 14.9 Å². The lowest BCUT2D eigenvalue weighted by Gasteiger charge is -2.30. The highest BCUT2D eigenvalue weighted by Gasteiger charge is 2.23. The number of urea groups is 1. The number of rotatable bonds is 7. The molecule has 0 aliphatic carbocycles. The van der Waals surface area contributed by atoms with E-state index in [1.54, 1.807) is 16.7 Å². The average molecular weight is 292 g/mol. The van der Waals surface area contributed by atoms with Gasteiger partial charge in [0.15, 0.2) is 0 Å². The third-order valence-electron chi connectivity index (χ3n) is 3.44. The van der Waals surface area contributed by atoms with Gasteiger partial charge in [0.25, 0.3) is 0 Å². The van der Waals surface area contributed by atoms with Crippen molar-refractivity contribution in [3.05, 3.63) is 35.9 Å². The molecule has 0 saturated heterocycles. The average Bonchev–Trinajstić information content (AvgIpc) is 2.50. The Morgan fingerprint density at radius 1 is 1.10 bits per heavy atom. The van der Waals surface area contributed by atoms with Crippen LogP contribution in [0.2, 0.25) is 0 Å². The Morgan fingerprint density at radius 3 is 2.14 bits per heavy atom. The topological polar surface area (TPSA) is 60.9 Å². The molecule has 0 radical (unpaired) electrons. The Hall–Kier alpha value is -2.04.